The molecule has 24 heavy (non-hydrogen) atoms. The number of hydrogen-bond donors (Lipinski definition) is 0. The summed E-state index contributed by atoms with van der Waals surface area (Å²) in [6.45, 7) is 1.80. The number of benzene rings is 1. The van der Waals surface area contributed by atoms with Gasteiger partial charge in [0.05, 0.1) is 0 Å². The highest BCUT2D eigenvalue weighted by Gasteiger charge is 2.33. The zero-order valence-corrected chi connectivity index (χ0v) is 13.0. The second-order valence-electron chi connectivity index (χ2n) is 4.97. The highest BCUT2D eigenvalue weighted by molar-refractivity contribution is 5.69. The van der Waals surface area contributed by atoms with Crippen LogP contribution in [0, 0.1) is 0 Å². The largest absolute Gasteiger partial charge is 0.490 e. The lowest BCUT2D eigenvalue weighted by Gasteiger charge is -2.08. The standard InChI is InChI=1S/C16H17F3N2O3/c1-2-12-4-3-5-13(10-12)23-8-9-24-15(22)11-21-7-6-14(20-21)16(17,18)19/h3-7,10H,2,8-9,11H2,1H3. The summed E-state index contributed by atoms with van der Waals surface area (Å²) < 4.78 is 48.4. The van der Waals surface area contributed by atoms with Crippen LogP contribution < -0.4 is 4.74 Å². The molecule has 0 fully saturated rings. The number of aryl methyl sites for hydroxylation is 1. The summed E-state index contributed by atoms with van der Waals surface area (Å²) in [5, 5.41) is 3.28. The monoisotopic (exact) mass is 342 g/mol. The van der Waals surface area contributed by atoms with Gasteiger partial charge in [-0.05, 0) is 30.2 Å². The Hall–Kier alpha value is -2.51. The normalized spacial score (nSPS) is 11.3. The second-order valence-corrected chi connectivity index (χ2v) is 4.97. The van der Waals surface area contributed by atoms with Crippen molar-refractivity contribution < 1.29 is 27.4 Å². The molecule has 0 amide bonds. The molecular weight excluding hydrogens is 325 g/mol. The van der Waals surface area contributed by atoms with Crippen molar-refractivity contribution in [2.75, 3.05) is 13.2 Å². The van der Waals surface area contributed by atoms with Crippen LogP contribution in [0.1, 0.15) is 18.2 Å². The number of ether oxygens (including phenoxy) is 2. The maximum Gasteiger partial charge on any atom is 0.435 e. The molecule has 0 unspecified atom stereocenters. The quantitative estimate of drug-likeness (QED) is 0.573. The highest BCUT2D eigenvalue weighted by Crippen LogP contribution is 2.27. The van der Waals surface area contributed by atoms with Crippen LogP contribution in [-0.2, 0) is 28.7 Å². The van der Waals surface area contributed by atoms with E-state index < -0.39 is 17.8 Å². The van der Waals surface area contributed by atoms with Gasteiger partial charge in [0.2, 0.25) is 0 Å². The Morgan fingerprint density at radius 1 is 1.25 bits per heavy atom. The maximum absolute atomic E-state index is 12.4. The lowest BCUT2D eigenvalue weighted by molar-refractivity contribution is -0.146. The third-order valence-electron chi connectivity index (χ3n) is 3.14. The van der Waals surface area contributed by atoms with Crippen LogP contribution in [0.4, 0.5) is 13.2 Å². The van der Waals surface area contributed by atoms with Gasteiger partial charge in [0.25, 0.3) is 0 Å². The molecule has 1 aromatic heterocycles. The number of rotatable bonds is 7. The van der Waals surface area contributed by atoms with Crippen LogP contribution in [0.3, 0.4) is 0 Å². The van der Waals surface area contributed by atoms with Crippen LogP contribution in [-0.4, -0.2) is 29.0 Å². The Bertz CT molecular complexity index is 683. The summed E-state index contributed by atoms with van der Waals surface area (Å²) >= 11 is 0. The lowest BCUT2D eigenvalue weighted by Crippen LogP contribution is -2.18. The number of hydrogen-bond acceptors (Lipinski definition) is 4. The minimum atomic E-state index is -4.53. The van der Waals surface area contributed by atoms with Gasteiger partial charge in [0.1, 0.15) is 25.5 Å². The summed E-state index contributed by atoms with van der Waals surface area (Å²) in [6.07, 6.45) is -2.57. The maximum atomic E-state index is 12.4. The molecule has 2 aromatic rings. The van der Waals surface area contributed by atoms with E-state index in [0.29, 0.717) is 5.75 Å². The van der Waals surface area contributed by atoms with Crippen molar-refractivity contribution >= 4 is 5.97 Å². The fourth-order valence-electron chi connectivity index (χ4n) is 1.95. The number of alkyl halides is 3. The molecule has 5 nitrogen and oxygen atoms in total. The van der Waals surface area contributed by atoms with E-state index in [-0.39, 0.29) is 19.8 Å². The van der Waals surface area contributed by atoms with Crippen LogP contribution in [0.5, 0.6) is 5.75 Å². The van der Waals surface area contributed by atoms with E-state index in [1.807, 2.05) is 25.1 Å². The van der Waals surface area contributed by atoms with Gasteiger partial charge in [-0.2, -0.15) is 18.3 Å². The van der Waals surface area contributed by atoms with Crippen LogP contribution in [0.2, 0.25) is 0 Å². The van der Waals surface area contributed by atoms with Gasteiger partial charge in [-0.15, -0.1) is 0 Å². The summed E-state index contributed by atoms with van der Waals surface area (Å²) in [6, 6.07) is 8.34. The fourth-order valence-corrected chi connectivity index (χ4v) is 1.95. The zero-order chi connectivity index (χ0) is 17.6. The molecule has 0 saturated heterocycles. The first kappa shape index (κ1) is 17.8. The van der Waals surface area contributed by atoms with E-state index in [2.05, 4.69) is 5.10 Å². The summed E-state index contributed by atoms with van der Waals surface area (Å²) in [5.74, 6) is -0.00923. The average Bonchev–Trinajstić information content (AvgIpc) is 3.00. The molecule has 0 aliphatic carbocycles. The highest BCUT2D eigenvalue weighted by atomic mass is 19.4. The van der Waals surface area contributed by atoms with Crippen LogP contribution in [0.15, 0.2) is 36.5 Å². The van der Waals surface area contributed by atoms with Crippen molar-refractivity contribution in [2.45, 2.75) is 26.1 Å². The van der Waals surface area contributed by atoms with E-state index in [4.69, 9.17) is 9.47 Å². The lowest BCUT2D eigenvalue weighted by atomic mass is 10.2. The Labute approximate surface area is 137 Å². The third kappa shape index (κ3) is 5.29. The Morgan fingerprint density at radius 2 is 2.04 bits per heavy atom. The van der Waals surface area contributed by atoms with Crippen molar-refractivity contribution in [3.63, 3.8) is 0 Å². The first-order valence-corrected chi connectivity index (χ1v) is 7.36. The predicted molar refractivity (Wildman–Crippen MR) is 79.5 cm³/mol. The van der Waals surface area contributed by atoms with E-state index in [1.54, 1.807) is 6.07 Å². The summed E-state index contributed by atoms with van der Waals surface area (Å²) in [7, 11) is 0. The van der Waals surface area contributed by atoms with Crippen LogP contribution in [0.25, 0.3) is 0 Å². The van der Waals surface area contributed by atoms with Crippen molar-refractivity contribution in [3.05, 3.63) is 47.8 Å². The number of halogens is 3. The van der Waals surface area contributed by atoms with Crippen molar-refractivity contribution in [1.82, 2.24) is 9.78 Å². The molecule has 0 radical (unpaired) electrons. The van der Waals surface area contributed by atoms with Crippen LogP contribution >= 0.6 is 0 Å². The topological polar surface area (TPSA) is 53.4 Å². The molecule has 0 bridgehead atoms. The first-order valence-electron chi connectivity index (χ1n) is 7.36. The molecule has 0 saturated carbocycles. The predicted octanol–water partition coefficient (Wildman–Crippen LogP) is 3.09. The molecule has 0 aliphatic heterocycles. The fraction of sp³-hybridized carbons (Fsp3) is 0.375. The van der Waals surface area contributed by atoms with E-state index in [9.17, 15) is 18.0 Å². The molecule has 0 N–H and O–H groups in total. The van der Waals surface area contributed by atoms with Gasteiger partial charge >= 0.3 is 12.1 Å². The third-order valence-corrected chi connectivity index (χ3v) is 3.14. The zero-order valence-electron chi connectivity index (χ0n) is 13.0. The summed E-state index contributed by atoms with van der Waals surface area (Å²) in [4.78, 5) is 11.6. The van der Waals surface area contributed by atoms with Gasteiger partial charge in [0.15, 0.2) is 5.69 Å². The Balaban J connectivity index is 1.72. The SMILES string of the molecule is CCc1cccc(OCCOC(=O)Cn2ccc(C(F)(F)F)n2)c1. The number of carbonyl (C=O) groups is 1. The molecule has 0 aliphatic rings. The number of aromatic nitrogens is 2. The van der Waals surface area contributed by atoms with E-state index >= 15 is 0 Å². The molecule has 0 spiro atoms. The second kappa shape index (κ2) is 7.85. The molecule has 0 atom stereocenters. The molecule has 1 heterocycles. The smallest absolute Gasteiger partial charge is 0.435 e. The Morgan fingerprint density at radius 3 is 2.71 bits per heavy atom. The minimum Gasteiger partial charge on any atom is -0.490 e. The van der Waals surface area contributed by atoms with Gasteiger partial charge in [-0.25, -0.2) is 0 Å². The number of nitrogens with zero attached hydrogens (tertiary/aromatic N) is 2. The van der Waals surface area contributed by atoms with E-state index in [1.165, 1.54) is 0 Å². The number of carbonyl (C=O) groups excluding carboxylic acids is 1. The van der Waals surface area contributed by atoms with Crippen molar-refractivity contribution in [3.8, 4) is 5.75 Å². The molecule has 1 aromatic carbocycles. The van der Waals surface area contributed by atoms with Gasteiger partial charge in [-0.1, -0.05) is 19.1 Å². The minimum absolute atomic E-state index is 0.00256. The summed E-state index contributed by atoms with van der Waals surface area (Å²) in [5.41, 5.74) is 0.0816. The number of esters is 1. The van der Waals surface area contributed by atoms with E-state index in [0.717, 1.165) is 28.9 Å². The first-order chi connectivity index (χ1) is 11.4. The molecule has 2 rings (SSSR count). The Kier molecular flexibility index (Phi) is 5.83. The van der Waals surface area contributed by atoms with Gasteiger partial charge < -0.3 is 9.47 Å². The molecule has 8 heteroatoms. The van der Waals surface area contributed by atoms with Gasteiger partial charge in [0, 0.05) is 6.20 Å². The van der Waals surface area contributed by atoms with Crippen molar-refractivity contribution in [2.24, 2.45) is 0 Å². The molecular formula is C16H17F3N2O3. The van der Waals surface area contributed by atoms with Gasteiger partial charge in [-0.3, -0.25) is 9.48 Å². The molecule has 130 valence electrons. The average molecular weight is 342 g/mol. The van der Waals surface area contributed by atoms with Crippen molar-refractivity contribution in [1.29, 1.82) is 0 Å².